The molecule has 25 heavy (non-hydrogen) atoms. The van der Waals surface area contributed by atoms with E-state index < -0.39 is 0 Å². The first-order chi connectivity index (χ1) is 12.2. The molecule has 0 aliphatic heterocycles. The lowest BCUT2D eigenvalue weighted by Crippen LogP contribution is -2.36. The first kappa shape index (κ1) is 18.6. The maximum absolute atomic E-state index is 11.9. The number of carbonyl (C=O) groups is 1. The van der Waals surface area contributed by atoms with Crippen molar-refractivity contribution in [2.75, 3.05) is 20.3 Å². The Labute approximate surface area is 148 Å². The fourth-order valence-corrected chi connectivity index (χ4v) is 2.22. The quantitative estimate of drug-likeness (QED) is 0.672. The maximum atomic E-state index is 11.9. The summed E-state index contributed by atoms with van der Waals surface area (Å²) in [6.45, 7) is 2.86. The summed E-state index contributed by atoms with van der Waals surface area (Å²) in [7, 11) is 1.62. The molecular formula is C20H25NO4. The third kappa shape index (κ3) is 7.16. The molecule has 0 saturated heterocycles. The Morgan fingerprint density at radius 3 is 2.28 bits per heavy atom. The zero-order valence-corrected chi connectivity index (χ0v) is 14.7. The van der Waals surface area contributed by atoms with Gasteiger partial charge in [-0.2, -0.15) is 0 Å². The Bertz CT molecular complexity index is 628. The van der Waals surface area contributed by atoms with Gasteiger partial charge in [-0.1, -0.05) is 18.2 Å². The van der Waals surface area contributed by atoms with Crippen molar-refractivity contribution in [3.8, 4) is 17.2 Å². The lowest BCUT2D eigenvalue weighted by atomic mass is 10.2. The highest BCUT2D eigenvalue weighted by Crippen LogP contribution is 2.17. The molecule has 1 N–H and O–H groups in total. The van der Waals surface area contributed by atoms with Crippen molar-refractivity contribution < 1.29 is 19.0 Å². The Morgan fingerprint density at radius 1 is 0.960 bits per heavy atom. The largest absolute Gasteiger partial charge is 0.497 e. The van der Waals surface area contributed by atoms with Gasteiger partial charge >= 0.3 is 0 Å². The number of hydrogen-bond donors (Lipinski definition) is 1. The molecule has 5 nitrogen and oxygen atoms in total. The molecule has 2 rings (SSSR count). The Kier molecular flexibility index (Phi) is 7.63. The molecule has 2 aromatic rings. The van der Waals surface area contributed by atoms with E-state index in [1.807, 2.05) is 61.5 Å². The molecule has 0 aliphatic rings. The predicted octanol–water partition coefficient (Wildman–Crippen LogP) is 3.44. The molecule has 0 aliphatic carbocycles. The molecular weight excluding hydrogens is 318 g/mol. The molecule has 0 spiro atoms. The van der Waals surface area contributed by atoms with E-state index in [-0.39, 0.29) is 11.9 Å². The zero-order chi connectivity index (χ0) is 17.9. The monoisotopic (exact) mass is 343 g/mol. The van der Waals surface area contributed by atoms with E-state index in [2.05, 4.69) is 5.32 Å². The molecule has 0 heterocycles. The molecule has 0 fully saturated rings. The first-order valence-electron chi connectivity index (χ1n) is 8.41. The summed E-state index contributed by atoms with van der Waals surface area (Å²) in [5.74, 6) is 2.36. The number of para-hydroxylation sites is 1. The summed E-state index contributed by atoms with van der Waals surface area (Å²) in [6, 6.07) is 16.9. The minimum absolute atomic E-state index is 0.00231. The van der Waals surface area contributed by atoms with Crippen LogP contribution in [0.4, 0.5) is 0 Å². The second-order valence-electron chi connectivity index (χ2n) is 5.72. The highest BCUT2D eigenvalue weighted by molar-refractivity contribution is 5.76. The fourth-order valence-electron chi connectivity index (χ4n) is 2.22. The highest BCUT2D eigenvalue weighted by Gasteiger charge is 2.08. The van der Waals surface area contributed by atoms with Crippen molar-refractivity contribution in [1.82, 2.24) is 5.32 Å². The number of carbonyl (C=O) groups excluding carboxylic acids is 1. The maximum Gasteiger partial charge on any atom is 0.220 e. The van der Waals surface area contributed by atoms with Crippen molar-refractivity contribution in [3.63, 3.8) is 0 Å². The standard InChI is InChI=1S/C20H25NO4/c1-16(15-25-19-12-10-17(23-2)11-13-19)21-20(22)9-6-14-24-18-7-4-3-5-8-18/h3-5,7-8,10-13,16H,6,9,14-15H2,1-2H3,(H,21,22)/t16-/m0/s1. The van der Waals surface area contributed by atoms with E-state index in [1.165, 1.54) is 0 Å². The number of ether oxygens (including phenoxy) is 3. The van der Waals surface area contributed by atoms with Crippen molar-refractivity contribution in [2.45, 2.75) is 25.8 Å². The Morgan fingerprint density at radius 2 is 1.60 bits per heavy atom. The summed E-state index contributed by atoms with van der Waals surface area (Å²) in [5.41, 5.74) is 0. The van der Waals surface area contributed by atoms with Gasteiger partial charge in [-0.25, -0.2) is 0 Å². The summed E-state index contributed by atoms with van der Waals surface area (Å²) in [5, 5.41) is 2.93. The van der Waals surface area contributed by atoms with Gasteiger partial charge in [0.2, 0.25) is 5.91 Å². The van der Waals surface area contributed by atoms with Gasteiger partial charge in [-0.3, -0.25) is 4.79 Å². The lowest BCUT2D eigenvalue weighted by molar-refractivity contribution is -0.122. The second-order valence-corrected chi connectivity index (χ2v) is 5.72. The van der Waals surface area contributed by atoms with Crippen LogP contribution in [0.5, 0.6) is 17.2 Å². The third-order valence-corrected chi connectivity index (χ3v) is 3.53. The van der Waals surface area contributed by atoms with E-state index in [1.54, 1.807) is 7.11 Å². The van der Waals surface area contributed by atoms with Crippen LogP contribution in [0.3, 0.4) is 0 Å². The van der Waals surface area contributed by atoms with Crippen molar-refractivity contribution >= 4 is 5.91 Å². The molecule has 0 unspecified atom stereocenters. The van der Waals surface area contributed by atoms with Crippen LogP contribution in [0, 0.1) is 0 Å². The smallest absolute Gasteiger partial charge is 0.220 e. The van der Waals surface area contributed by atoms with Crippen molar-refractivity contribution in [1.29, 1.82) is 0 Å². The molecule has 0 radical (unpaired) electrons. The van der Waals surface area contributed by atoms with E-state index in [4.69, 9.17) is 14.2 Å². The van der Waals surface area contributed by atoms with E-state index >= 15 is 0 Å². The third-order valence-electron chi connectivity index (χ3n) is 3.53. The van der Waals surface area contributed by atoms with E-state index in [0.29, 0.717) is 26.1 Å². The fraction of sp³-hybridized carbons (Fsp3) is 0.350. The Hall–Kier alpha value is -2.69. The minimum atomic E-state index is -0.0651. The van der Waals surface area contributed by atoms with Gasteiger partial charge in [-0.15, -0.1) is 0 Å². The molecule has 1 atom stereocenters. The van der Waals surface area contributed by atoms with Crippen molar-refractivity contribution in [3.05, 3.63) is 54.6 Å². The lowest BCUT2D eigenvalue weighted by Gasteiger charge is -2.15. The number of hydrogen-bond acceptors (Lipinski definition) is 4. The second kappa shape index (κ2) is 10.2. The normalized spacial score (nSPS) is 11.4. The summed E-state index contributed by atoms with van der Waals surface area (Å²) in [4.78, 5) is 11.9. The van der Waals surface area contributed by atoms with Crippen LogP contribution in [0.25, 0.3) is 0 Å². The van der Waals surface area contributed by atoms with E-state index in [0.717, 1.165) is 17.2 Å². The number of amides is 1. The predicted molar refractivity (Wildman–Crippen MR) is 97.3 cm³/mol. The molecule has 5 heteroatoms. The van der Waals surface area contributed by atoms with Crippen LogP contribution in [0.15, 0.2) is 54.6 Å². The Balaban J connectivity index is 1.59. The molecule has 0 saturated carbocycles. The van der Waals surface area contributed by atoms with Crippen LogP contribution in [-0.2, 0) is 4.79 Å². The molecule has 134 valence electrons. The molecule has 0 aromatic heterocycles. The summed E-state index contributed by atoms with van der Waals surface area (Å²) in [6.07, 6.45) is 1.10. The summed E-state index contributed by atoms with van der Waals surface area (Å²) >= 11 is 0. The SMILES string of the molecule is COc1ccc(OC[C@H](C)NC(=O)CCCOc2ccccc2)cc1. The van der Waals surface area contributed by atoms with Crippen LogP contribution >= 0.6 is 0 Å². The average molecular weight is 343 g/mol. The topological polar surface area (TPSA) is 56.8 Å². The van der Waals surface area contributed by atoms with E-state index in [9.17, 15) is 4.79 Å². The van der Waals surface area contributed by atoms with Gasteiger partial charge in [0.1, 0.15) is 23.9 Å². The number of methoxy groups -OCH3 is 1. The molecule has 1 amide bonds. The van der Waals surface area contributed by atoms with Gasteiger partial charge in [0.25, 0.3) is 0 Å². The van der Waals surface area contributed by atoms with Gasteiger partial charge in [0, 0.05) is 6.42 Å². The molecule has 2 aromatic carbocycles. The molecule has 0 bridgehead atoms. The van der Waals surface area contributed by atoms with Gasteiger partial charge in [0.15, 0.2) is 0 Å². The zero-order valence-electron chi connectivity index (χ0n) is 14.7. The van der Waals surface area contributed by atoms with Crippen LogP contribution < -0.4 is 19.5 Å². The number of benzene rings is 2. The highest BCUT2D eigenvalue weighted by atomic mass is 16.5. The number of nitrogens with one attached hydrogen (secondary N) is 1. The van der Waals surface area contributed by atoms with Gasteiger partial charge in [0.05, 0.1) is 19.8 Å². The van der Waals surface area contributed by atoms with Crippen LogP contribution in [0.1, 0.15) is 19.8 Å². The first-order valence-corrected chi connectivity index (χ1v) is 8.41. The van der Waals surface area contributed by atoms with Crippen LogP contribution in [0.2, 0.25) is 0 Å². The summed E-state index contributed by atoms with van der Waals surface area (Å²) < 4.78 is 16.3. The number of rotatable bonds is 10. The van der Waals surface area contributed by atoms with Crippen LogP contribution in [-0.4, -0.2) is 32.3 Å². The van der Waals surface area contributed by atoms with Gasteiger partial charge < -0.3 is 19.5 Å². The minimum Gasteiger partial charge on any atom is -0.497 e. The van der Waals surface area contributed by atoms with Gasteiger partial charge in [-0.05, 0) is 49.7 Å². The average Bonchev–Trinajstić information content (AvgIpc) is 2.65. The van der Waals surface area contributed by atoms with Crippen molar-refractivity contribution in [2.24, 2.45) is 0 Å².